The lowest BCUT2D eigenvalue weighted by Crippen LogP contribution is -2.04. The van der Waals surface area contributed by atoms with Crippen molar-refractivity contribution in [1.82, 2.24) is 19.7 Å². The third-order valence-corrected chi connectivity index (χ3v) is 2.83. The van der Waals surface area contributed by atoms with Crippen LogP contribution >= 0.6 is 0 Å². The summed E-state index contributed by atoms with van der Waals surface area (Å²) in [6, 6.07) is 1.80. The minimum atomic E-state index is 0.542. The molecule has 0 amide bonds. The fourth-order valence-electron chi connectivity index (χ4n) is 1.91. The molecule has 3 rings (SSSR count). The SMILES string of the molecule is CCCc1nccn1Cc1nc(-c2ccoc2)no1. The zero-order valence-corrected chi connectivity index (χ0v) is 10.6. The van der Waals surface area contributed by atoms with Crippen LogP contribution in [0.15, 0.2) is 39.9 Å². The van der Waals surface area contributed by atoms with Gasteiger partial charge in [-0.05, 0) is 12.5 Å². The largest absolute Gasteiger partial charge is 0.472 e. The van der Waals surface area contributed by atoms with Crippen LogP contribution in [-0.2, 0) is 13.0 Å². The maximum atomic E-state index is 5.24. The fraction of sp³-hybridized carbons (Fsp3) is 0.308. The number of hydrogen-bond acceptors (Lipinski definition) is 5. The summed E-state index contributed by atoms with van der Waals surface area (Å²) in [4.78, 5) is 8.66. The highest BCUT2D eigenvalue weighted by Crippen LogP contribution is 2.16. The highest BCUT2D eigenvalue weighted by atomic mass is 16.5. The third-order valence-electron chi connectivity index (χ3n) is 2.83. The van der Waals surface area contributed by atoms with E-state index in [0.717, 1.165) is 24.2 Å². The van der Waals surface area contributed by atoms with Crippen LogP contribution in [0.4, 0.5) is 0 Å². The Morgan fingerprint density at radius 2 is 2.32 bits per heavy atom. The molecule has 0 fully saturated rings. The fourth-order valence-corrected chi connectivity index (χ4v) is 1.91. The van der Waals surface area contributed by atoms with E-state index in [4.69, 9.17) is 8.94 Å². The zero-order valence-electron chi connectivity index (χ0n) is 10.6. The summed E-state index contributed by atoms with van der Waals surface area (Å²) < 4.78 is 12.3. The van der Waals surface area contributed by atoms with Crippen LogP contribution in [0.3, 0.4) is 0 Å². The van der Waals surface area contributed by atoms with Gasteiger partial charge >= 0.3 is 0 Å². The Bertz CT molecular complexity index is 639. The molecule has 19 heavy (non-hydrogen) atoms. The Morgan fingerprint density at radius 3 is 3.11 bits per heavy atom. The molecule has 0 atom stereocenters. The summed E-state index contributed by atoms with van der Waals surface area (Å²) >= 11 is 0. The molecule has 0 saturated heterocycles. The van der Waals surface area contributed by atoms with Crippen LogP contribution in [-0.4, -0.2) is 19.7 Å². The first-order valence-corrected chi connectivity index (χ1v) is 6.22. The summed E-state index contributed by atoms with van der Waals surface area (Å²) in [5.74, 6) is 2.14. The number of hydrogen-bond donors (Lipinski definition) is 0. The van der Waals surface area contributed by atoms with Gasteiger partial charge in [0.05, 0.1) is 11.8 Å². The summed E-state index contributed by atoms with van der Waals surface area (Å²) in [6.07, 6.45) is 8.89. The molecule has 0 saturated carbocycles. The monoisotopic (exact) mass is 258 g/mol. The second kappa shape index (κ2) is 5.09. The molecule has 0 aliphatic carbocycles. The van der Waals surface area contributed by atoms with Crippen LogP contribution < -0.4 is 0 Å². The van der Waals surface area contributed by atoms with E-state index in [0.29, 0.717) is 18.3 Å². The van der Waals surface area contributed by atoms with Crippen molar-refractivity contribution < 1.29 is 8.94 Å². The van der Waals surface area contributed by atoms with Crippen LogP contribution in [0.25, 0.3) is 11.4 Å². The summed E-state index contributed by atoms with van der Waals surface area (Å²) in [5, 5.41) is 3.93. The Balaban J connectivity index is 1.78. The Morgan fingerprint density at radius 1 is 1.37 bits per heavy atom. The summed E-state index contributed by atoms with van der Waals surface area (Å²) in [6.45, 7) is 2.67. The van der Waals surface area contributed by atoms with E-state index in [1.807, 2.05) is 10.8 Å². The second-order valence-electron chi connectivity index (χ2n) is 4.25. The van der Waals surface area contributed by atoms with Gasteiger partial charge < -0.3 is 13.5 Å². The first kappa shape index (κ1) is 11.7. The van der Waals surface area contributed by atoms with Gasteiger partial charge in [0, 0.05) is 18.8 Å². The normalized spacial score (nSPS) is 11.0. The molecule has 6 nitrogen and oxygen atoms in total. The number of aryl methyl sites for hydroxylation is 1. The van der Waals surface area contributed by atoms with Gasteiger partial charge in [-0.1, -0.05) is 12.1 Å². The third kappa shape index (κ3) is 2.42. The molecular formula is C13H14N4O2. The molecule has 0 aliphatic rings. The predicted molar refractivity (Wildman–Crippen MR) is 67.3 cm³/mol. The van der Waals surface area contributed by atoms with Gasteiger partial charge in [0.25, 0.3) is 0 Å². The molecule has 0 spiro atoms. The Hall–Kier alpha value is -2.37. The van der Waals surface area contributed by atoms with Crippen LogP contribution in [0.1, 0.15) is 25.1 Å². The van der Waals surface area contributed by atoms with Crippen molar-refractivity contribution in [3.63, 3.8) is 0 Å². The number of nitrogens with zero attached hydrogens (tertiary/aromatic N) is 4. The van der Waals surface area contributed by atoms with Gasteiger partial charge in [0.15, 0.2) is 0 Å². The lowest BCUT2D eigenvalue weighted by molar-refractivity contribution is 0.369. The number of imidazole rings is 1. The molecule has 0 aliphatic heterocycles. The van der Waals surface area contributed by atoms with E-state index in [1.54, 1.807) is 24.8 Å². The van der Waals surface area contributed by atoms with Gasteiger partial charge in [-0.2, -0.15) is 4.98 Å². The van der Waals surface area contributed by atoms with Crippen molar-refractivity contribution in [1.29, 1.82) is 0 Å². The van der Waals surface area contributed by atoms with E-state index in [1.165, 1.54) is 0 Å². The second-order valence-corrected chi connectivity index (χ2v) is 4.25. The van der Waals surface area contributed by atoms with E-state index >= 15 is 0 Å². The van der Waals surface area contributed by atoms with Gasteiger partial charge in [0.2, 0.25) is 11.7 Å². The lowest BCUT2D eigenvalue weighted by Gasteiger charge is -2.02. The molecule has 0 aromatic carbocycles. The quantitative estimate of drug-likeness (QED) is 0.703. The first-order chi connectivity index (χ1) is 9.36. The van der Waals surface area contributed by atoms with E-state index in [-0.39, 0.29) is 0 Å². The molecule has 0 bridgehead atoms. The molecular weight excluding hydrogens is 244 g/mol. The molecule has 0 unspecified atom stereocenters. The average molecular weight is 258 g/mol. The number of aromatic nitrogens is 4. The minimum absolute atomic E-state index is 0.542. The number of furan rings is 1. The van der Waals surface area contributed by atoms with Crippen molar-refractivity contribution >= 4 is 0 Å². The summed E-state index contributed by atoms with van der Waals surface area (Å²) in [5.41, 5.74) is 0.814. The molecule has 3 aromatic heterocycles. The van der Waals surface area contributed by atoms with E-state index < -0.39 is 0 Å². The molecule has 3 aromatic rings. The smallest absolute Gasteiger partial charge is 0.246 e. The van der Waals surface area contributed by atoms with E-state index in [9.17, 15) is 0 Å². The van der Waals surface area contributed by atoms with Crippen LogP contribution in [0, 0.1) is 0 Å². The lowest BCUT2D eigenvalue weighted by atomic mass is 10.3. The first-order valence-electron chi connectivity index (χ1n) is 6.22. The molecule has 6 heteroatoms. The highest BCUT2D eigenvalue weighted by molar-refractivity contribution is 5.51. The van der Waals surface area contributed by atoms with Crippen molar-refractivity contribution in [2.24, 2.45) is 0 Å². The van der Waals surface area contributed by atoms with Gasteiger partial charge in [-0.3, -0.25) is 0 Å². The van der Waals surface area contributed by atoms with Crippen molar-refractivity contribution in [2.75, 3.05) is 0 Å². The van der Waals surface area contributed by atoms with Gasteiger partial charge in [-0.15, -0.1) is 0 Å². The molecule has 98 valence electrons. The topological polar surface area (TPSA) is 69.9 Å². The minimum Gasteiger partial charge on any atom is -0.472 e. The Labute approximate surface area is 110 Å². The maximum Gasteiger partial charge on any atom is 0.246 e. The van der Waals surface area contributed by atoms with Crippen molar-refractivity contribution in [3.8, 4) is 11.4 Å². The van der Waals surface area contributed by atoms with Gasteiger partial charge in [-0.25, -0.2) is 4.98 Å². The van der Waals surface area contributed by atoms with Gasteiger partial charge in [0.1, 0.15) is 18.6 Å². The van der Waals surface area contributed by atoms with Crippen molar-refractivity contribution in [3.05, 3.63) is 42.7 Å². The van der Waals surface area contributed by atoms with Crippen molar-refractivity contribution in [2.45, 2.75) is 26.3 Å². The molecule has 3 heterocycles. The van der Waals surface area contributed by atoms with E-state index in [2.05, 4.69) is 22.0 Å². The maximum absolute atomic E-state index is 5.24. The van der Waals surface area contributed by atoms with Crippen LogP contribution in [0.2, 0.25) is 0 Å². The Kier molecular flexibility index (Phi) is 3.14. The number of rotatable bonds is 5. The highest BCUT2D eigenvalue weighted by Gasteiger charge is 2.11. The molecule has 0 N–H and O–H groups in total. The average Bonchev–Trinajstić information content (AvgIpc) is 3.12. The molecule has 0 radical (unpaired) electrons. The standard InChI is InChI=1S/C13H14N4O2/c1-2-3-11-14-5-6-17(11)8-12-15-13(16-19-12)10-4-7-18-9-10/h4-7,9H,2-3,8H2,1H3. The predicted octanol–water partition coefficient (Wildman–Crippen LogP) is 2.53. The summed E-state index contributed by atoms with van der Waals surface area (Å²) in [7, 11) is 0. The van der Waals surface area contributed by atoms with Crippen LogP contribution in [0.5, 0.6) is 0 Å². The zero-order chi connectivity index (χ0) is 13.1.